The second-order valence-corrected chi connectivity index (χ2v) is 9.36. The summed E-state index contributed by atoms with van der Waals surface area (Å²) >= 11 is 0. The van der Waals surface area contributed by atoms with E-state index in [1.807, 2.05) is 32.2 Å². The molecule has 188 valence electrons. The van der Waals surface area contributed by atoms with Crippen LogP contribution in [0, 0.1) is 0 Å². The molecule has 1 N–H and O–H groups in total. The van der Waals surface area contributed by atoms with Crippen LogP contribution in [0.15, 0.2) is 30.3 Å². The van der Waals surface area contributed by atoms with E-state index < -0.39 is 0 Å². The van der Waals surface area contributed by atoms with Gasteiger partial charge in [0.25, 0.3) is 5.91 Å². The minimum atomic E-state index is -0.110. The van der Waals surface area contributed by atoms with Crippen LogP contribution in [0.1, 0.15) is 53.5 Å². The Labute approximate surface area is 206 Å². The van der Waals surface area contributed by atoms with Gasteiger partial charge in [-0.3, -0.25) is 19.1 Å². The zero-order valence-corrected chi connectivity index (χ0v) is 20.7. The molecule has 1 aromatic heterocycles. The number of aryl methyl sites for hydroxylation is 2. The van der Waals surface area contributed by atoms with E-state index in [1.165, 1.54) is 5.56 Å². The highest BCUT2D eigenvalue weighted by Gasteiger charge is 2.31. The van der Waals surface area contributed by atoms with Gasteiger partial charge in [-0.25, -0.2) is 0 Å². The van der Waals surface area contributed by atoms with Crippen molar-refractivity contribution in [3.63, 3.8) is 0 Å². The summed E-state index contributed by atoms with van der Waals surface area (Å²) in [5.41, 5.74) is 3.49. The maximum atomic E-state index is 13.1. The van der Waals surface area contributed by atoms with Crippen LogP contribution in [0.25, 0.3) is 0 Å². The molecule has 1 atom stereocenters. The van der Waals surface area contributed by atoms with Crippen LogP contribution in [0.5, 0.6) is 0 Å². The molecule has 3 heterocycles. The lowest BCUT2D eigenvalue weighted by atomic mass is 10.0. The molecule has 2 aliphatic rings. The Bertz CT molecular complexity index is 1050. The Balaban J connectivity index is 1.27. The molecule has 1 fully saturated rings. The average Bonchev–Trinajstić information content (AvgIpc) is 3.22. The van der Waals surface area contributed by atoms with Crippen LogP contribution in [0.4, 0.5) is 0 Å². The summed E-state index contributed by atoms with van der Waals surface area (Å²) in [5.74, 6) is -0.291. The molecule has 4 rings (SSSR count). The van der Waals surface area contributed by atoms with Crippen molar-refractivity contribution in [3.8, 4) is 0 Å². The van der Waals surface area contributed by atoms with E-state index in [9.17, 15) is 14.4 Å². The first kappa shape index (κ1) is 24.9. The van der Waals surface area contributed by atoms with E-state index in [4.69, 9.17) is 4.74 Å². The van der Waals surface area contributed by atoms with Gasteiger partial charge in [0.05, 0.1) is 13.2 Å². The largest absolute Gasteiger partial charge is 0.378 e. The van der Waals surface area contributed by atoms with Gasteiger partial charge in [-0.05, 0) is 25.3 Å². The Morgan fingerprint density at radius 2 is 1.80 bits per heavy atom. The summed E-state index contributed by atoms with van der Waals surface area (Å²) in [6, 6.07) is 10.2. The highest BCUT2D eigenvalue weighted by atomic mass is 16.5. The maximum absolute atomic E-state index is 13.1. The molecule has 35 heavy (non-hydrogen) atoms. The zero-order valence-electron chi connectivity index (χ0n) is 20.7. The number of fused-ring (bicyclic) bond motifs is 1. The smallest absolute Gasteiger partial charge is 0.274 e. The first-order valence-corrected chi connectivity index (χ1v) is 12.4. The molecule has 3 amide bonds. The average molecular weight is 482 g/mol. The SMILES string of the molecule is C[C@H](CCc1ccccc1)NC(=O)CCC(=O)N1CCc2c(c(C(=O)N3CCOCC3)nn2C)C1. The summed E-state index contributed by atoms with van der Waals surface area (Å²) < 4.78 is 7.11. The van der Waals surface area contributed by atoms with Gasteiger partial charge < -0.3 is 19.9 Å². The number of nitrogens with zero attached hydrogens (tertiary/aromatic N) is 4. The van der Waals surface area contributed by atoms with Crippen molar-refractivity contribution in [3.05, 3.63) is 52.8 Å². The molecular weight excluding hydrogens is 446 g/mol. The number of benzene rings is 1. The summed E-state index contributed by atoms with van der Waals surface area (Å²) in [7, 11) is 1.84. The van der Waals surface area contributed by atoms with Crippen LogP contribution in [0.3, 0.4) is 0 Å². The molecule has 9 heteroatoms. The monoisotopic (exact) mass is 481 g/mol. The molecular formula is C26H35N5O4. The number of carbonyl (C=O) groups is 3. The predicted octanol–water partition coefficient (Wildman–Crippen LogP) is 1.69. The highest BCUT2D eigenvalue weighted by molar-refractivity contribution is 5.94. The number of aromatic nitrogens is 2. The van der Waals surface area contributed by atoms with E-state index in [1.54, 1.807) is 14.5 Å². The van der Waals surface area contributed by atoms with Crippen molar-refractivity contribution < 1.29 is 19.1 Å². The second kappa shape index (κ2) is 11.5. The Hall–Kier alpha value is -3.20. The van der Waals surface area contributed by atoms with Gasteiger partial charge in [0.1, 0.15) is 0 Å². The molecule has 2 aromatic rings. The van der Waals surface area contributed by atoms with Crippen molar-refractivity contribution in [2.24, 2.45) is 7.05 Å². The number of rotatable bonds is 8. The van der Waals surface area contributed by atoms with E-state index in [-0.39, 0.29) is 36.6 Å². The van der Waals surface area contributed by atoms with Crippen molar-refractivity contribution in [2.45, 2.75) is 51.6 Å². The normalized spacial score (nSPS) is 16.5. The number of ether oxygens (including phenoxy) is 1. The fraction of sp³-hybridized carbons (Fsp3) is 0.538. The number of morpholine rings is 1. The molecule has 0 bridgehead atoms. The third kappa shape index (κ3) is 6.28. The first-order chi connectivity index (χ1) is 16.9. The minimum Gasteiger partial charge on any atom is -0.378 e. The van der Waals surface area contributed by atoms with Gasteiger partial charge in [0.2, 0.25) is 11.8 Å². The van der Waals surface area contributed by atoms with E-state index in [0.717, 1.165) is 24.1 Å². The number of carbonyl (C=O) groups excluding carboxylic acids is 3. The molecule has 0 saturated carbocycles. The molecule has 2 aliphatic heterocycles. The lowest BCUT2D eigenvalue weighted by Gasteiger charge is -2.29. The van der Waals surface area contributed by atoms with Gasteiger partial charge in [-0.2, -0.15) is 5.10 Å². The number of amides is 3. The summed E-state index contributed by atoms with van der Waals surface area (Å²) in [5, 5.41) is 7.49. The van der Waals surface area contributed by atoms with Crippen molar-refractivity contribution in [2.75, 3.05) is 32.8 Å². The van der Waals surface area contributed by atoms with Gasteiger partial charge in [0.15, 0.2) is 5.69 Å². The van der Waals surface area contributed by atoms with Gasteiger partial charge >= 0.3 is 0 Å². The Morgan fingerprint density at radius 1 is 1.06 bits per heavy atom. The fourth-order valence-corrected chi connectivity index (χ4v) is 4.72. The van der Waals surface area contributed by atoms with Crippen LogP contribution in [-0.2, 0) is 40.8 Å². The molecule has 0 spiro atoms. The van der Waals surface area contributed by atoms with E-state index in [2.05, 4.69) is 22.5 Å². The number of hydrogen-bond donors (Lipinski definition) is 1. The standard InChI is InChI=1S/C26H35N5O4/c1-19(8-9-20-6-4-3-5-7-20)27-23(32)10-11-24(33)31-13-12-22-21(18-31)25(28-29(22)2)26(34)30-14-16-35-17-15-30/h3-7,19H,8-18H2,1-2H3,(H,27,32)/t19-/m1/s1. The summed E-state index contributed by atoms with van der Waals surface area (Å²) in [4.78, 5) is 41.9. The summed E-state index contributed by atoms with van der Waals surface area (Å²) in [6.45, 7) is 5.05. The lowest BCUT2D eigenvalue weighted by molar-refractivity contribution is -0.134. The van der Waals surface area contributed by atoms with Crippen LogP contribution in [-0.4, -0.2) is 76.2 Å². The van der Waals surface area contributed by atoms with Crippen LogP contribution >= 0.6 is 0 Å². The van der Waals surface area contributed by atoms with Crippen molar-refractivity contribution in [1.29, 1.82) is 0 Å². The van der Waals surface area contributed by atoms with Crippen LogP contribution in [0.2, 0.25) is 0 Å². The fourth-order valence-electron chi connectivity index (χ4n) is 4.72. The summed E-state index contributed by atoms with van der Waals surface area (Å²) in [6.07, 6.45) is 2.70. The van der Waals surface area contributed by atoms with E-state index in [0.29, 0.717) is 51.5 Å². The lowest BCUT2D eigenvalue weighted by Crippen LogP contribution is -2.42. The molecule has 1 saturated heterocycles. The topological polar surface area (TPSA) is 96.8 Å². The Morgan fingerprint density at radius 3 is 2.54 bits per heavy atom. The molecule has 0 unspecified atom stereocenters. The molecule has 9 nitrogen and oxygen atoms in total. The highest BCUT2D eigenvalue weighted by Crippen LogP contribution is 2.24. The second-order valence-electron chi connectivity index (χ2n) is 9.36. The van der Waals surface area contributed by atoms with Gasteiger partial charge in [-0.1, -0.05) is 30.3 Å². The van der Waals surface area contributed by atoms with Gasteiger partial charge in [0, 0.05) is 69.8 Å². The van der Waals surface area contributed by atoms with E-state index >= 15 is 0 Å². The molecule has 1 aromatic carbocycles. The third-order valence-electron chi connectivity index (χ3n) is 6.78. The molecule has 0 radical (unpaired) electrons. The third-order valence-corrected chi connectivity index (χ3v) is 6.78. The maximum Gasteiger partial charge on any atom is 0.274 e. The minimum absolute atomic E-state index is 0.0412. The Kier molecular flexibility index (Phi) is 8.17. The number of hydrogen-bond acceptors (Lipinski definition) is 5. The van der Waals surface area contributed by atoms with Crippen LogP contribution < -0.4 is 5.32 Å². The number of nitrogens with one attached hydrogen (secondary N) is 1. The quantitative estimate of drug-likeness (QED) is 0.619. The molecule has 0 aliphatic carbocycles. The van der Waals surface area contributed by atoms with Crippen molar-refractivity contribution in [1.82, 2.24) is 24.9 Å². The first-order valence-electron chi connectivity index (χ1n) is 12.4. The van der Waals surface area contributed by atoms with Crippen molar-refractivity contribution >= 4 is 17.7 Å². The van der Waals surface area contributed by atoms with Gasteiger partial charge in [-0.15, -0.1) is 0 Å². The zero-order chi connectivity index (χ0) is 24.8. The predicted molar refractivity (Wildman–Crippen MR) is 131 cm³/mol.